The molecule has 0 fully saturated rings. The molecule has 0 saturated carbocycles. The number of amides is 1. The lowest BCUT2D eigenvalue weighted by Gasteiger charge is -2.02. The van der Waals surface area contributed by atoms with E-state index in [9.17, 15) is 4.79 Å². The van der Waals surface area contributed by atoms with Crippen LogP contribution in [0, 0.1) is 0 Å². The monoisotopic (exact) mass is 251 g/mol. The molecule has 0 aromatic carbocycles. The van der Waals surface area contributed by atoms with E-state index in [-0.39, 0.29) is 5.91 Å². The van der Waals surface area contributed by atoms with Crippen molar-refractivity contribution in [2.24, 2.45) is 0 Å². The Morgan fingerprint density at radius 3 is 3.00 bits per heavy atom. The average Bonchev–Trinajstić information content (AvgIpc) is 2.82. The first kappa shape index (κ1) is 11.1. The lowest BCUT2D eigenvalue weighted by atomic mass is 10.2. The molecule has 0 aliphatic rings. The number of aromatic nitrogens is 2. The fourth-order valence-corrected chi connectivity index (χ4v) is 2.05. The van der Waals surface area contributed by atoms with Gasteiger partial charge in [-0.15, -0.1) is 23.1 Å². The number of nitrogens with zero attached hydrogens (tertiary/aromatic N) is 2. The molecule has 0 aliphatic carbocycles. The summed E-state index contributed by atoms with van der Waals surface area (Å²) in [7, 11) is 0. The summed E-state index contributed by atoms with van der Waals surface area (Å²) in [4.78, 5) is 19.9. The van der Waals surface area contributed by atoms with Gasteiger partial charge in [-0.3, -0.25) is 10.1 Å². The van der Waals surface area contributed by atoms with Crippen LogP contribution in [0.2, 0.25) is 0 Å². The van der Waals surface area contributed by atoms with Crippen LogP contribution in [0.4, 0.5) is 5.13 Å². The Hall–Kier alpha value is -1.40. The quantitative estimate of drug-likeness (QED) is 0.852. The predicted octanol–water partition coefficient (Wildman–Crippen LogP) is 2.51. The molecular formula is C10H9N3OS2. The fourth-order valence-electron chi connectivity index (χ4n) is 1.12. The molecule has 0 bridgehead atoms. The van der Waals surface area contributed by atoms with Gasteiger partial charge in [0.05, 0.1) is 5.03 Å². The number of rotatable bonds is 3. The van der Waals surface area contributed by atoms with Gasteiger partial charge in [0.1, 0.15) is 0 Å². The molecule has 6 heteroatoms. The maximum absolute atomic E-state index is 11.8. The molecule has 1 N–H and O–H groups in total. The summed E-state index contributed by atoms with van der Waals surface area (Å²) < 4.78 is 0. The topological polar surface area (TPSA) is 54.9 Å². The minimum Gasteiger partial charge on any atom is -0.298 e. The minimum atomic E-state index is -0.160. The molecule has 82 valence electrons. The smallest absolute Gasteiger partial charge is 0.257 e. The highest BCUT2D eigenvalue weighted by Crippen LogP contribution is 2.15. The van der Waals surface area contributed by atoms with Crippen LogP contribution in [0.1, 0.15) is 10.4 Å². The van der Waals surface area contributed by atoms with Gasteiger partial charge < -0.3 is 0 Å². The first-order chi connectivity index (χ1) is 7.79. The Kier molecular flexibility index (Phi) is 3.53. The van der Waals surface area contributed by atoms with Crippen LogP contribution < -0.4 is 5.32 Å². The van der Waals surface area contributed by atoms with E-state index >= 15 is 0 Å². The van der Waals surface area contributed by atoms with E-state index < -0.39 is 0 Å². The molecular weight excluding hydrogens is 242 g/mol. The van der Waals surface area contributed by atoms with Gasteiger partial charge in [-0.25, -0.2) is 9.97 Å². The van der Waals surface area contributed by atoms with E-state index in [2.05, 4.69) is 15.3 Å². The zero-order valence-electron chi connectivity index (χ0n) is 8.51. The molecule has 4 nitrogen and oxygen atoms in total. The highest BCUT2D eigenvalue weighted by atomic mass is 32.2. The van der Waals surface area contributed by atoms with Crippen molar-refractivity contribution in [1.29, 1.82) is 0 Å². The highest BCUT2D eigenvalue weighted by Gasteiger charge is 2.08. The third-order valence-corrected chi connectivity index (χ3v) is 3.19. The van der Waals surface area contributed by atoms with Crippen molar-refractivity contribution >= 4 is 34.1 Å². The summed E-state index contributed by atoms with van der Waals surface area (Å²) in [6, 6.07) is 3.44. The van der Waals surface area contributed by atoms with Crippen molar-refractivity contribution in [2.75, 3.05) is 11.6 Å². The zero-order chi connectivity index (χ0) is 11.4. The maximum atomic E-state index is 11.8. The van der Waals surface area contributed by atoms with Gasteiger partial charge in [0.25, 0.3) is 5.91 Å². The maximum Gasteiger partial charge on any atom is 0.257 e. The van der Waals surface area contributed by atoms with Crippen molar-refractivity contribution < 1.29 is 4.79 Å². The molecule has 2 heterocycles. The molecule has 0 unspecified atom stereocenters. The second kappa shape index (κ2) is 5.09. The van der Waals surface area contributed by atoms with Crippen LogP contribution in [-0.2, 0) is 0 Å². The first-order valence-corrected chi connectivity index (χ1v) is 6.61. The summed E-state index contributed by atoms with van der Waals surface area (Å²) >= 11 is 2.90. The van der Waals surface area contributed by atoms with E-state index in [4.69, 9.17) is 0 Å². The van der Waals surface area contributed by atoms with Crippen LogP contribution in [0.25, 0.3) is 0 Å². The molecule has 2 aromatic rings. The van der Waals surface area contributed by atoms with Gasteiger partial charge in [0.15, 0.2) is 5.13 Å². The van der Waals surface area contributed by atoms with Gasteiger partial charge >= 0.3 is 0 Å². The van der Waals surface area contributed by atoms with E-state index in [1.54, 1.807) is 24.5 Å². The van der Waals surface area contributed by atoms with Crippen LogP contribution in [0.3, 0.4) is 0 Å². The lowest BCUT2D eigenvalue weighted by molar-refractivity contribution is 0.102. The van der Waals surface area contributed by atoms with E-state index in [0.29, 0.717) is 10.7 Å². The Morgan fingerprint density at radius 1 is 1.44 bits per heavy atom. The number of pyridine rings is 1. The number of anilines is 1. The molecule has 0 spiro atoms. The number of carbonyl (C=O) groups excluding carboxylic acids is 1. The summed E-state index contributed by atoms with van der Waals surface area (Å²) in [6.07, 6.45) is 5.20. The molecule has 0 radical (unpaired) electrons. The van der Waals surface area contributed by atoms with E-state index in [1.165, 1.54) is 23.1 Å². The summed E-state index contributed by atoms with van der Waals surface area (Å²) in [5.41, 5.74) is 0.592. The standard InChI is InChI=1S/C10H9N3OS2/c1-15-8-6-7(2-3-11-8)9(14)13-10-12-4-5-16-10/h2-6H,1H3,(H,12,13,14). The lowest BCUT2D eigenvalue weighted by Crippen LogP contribution is -2.11. The third kappa shape index (κ3) is 2.59. The number of hydrogen-bond acceptors (Lipinski definition) is 5. The SMILES string of the molecule is CSc1cc(C(=O)Nc2nccs2)ccn1. The van der Waals surface area contributed by atoms with Crippen LogP contribution in [0.5, 0.6) is 0 Å². The third-order valence-electron chi connectivity index (χ3n) is 1.86. The van der Waals surface area contributed by atoms with E-state index in [0.717, 1.165) is 5.03 Å². The predicted molar refractivity (Wildman–Crippen MR) is 66.1 cm³/mol. The first-order valence-electron chi connectivity index (χ1n) is 4.50. The van der Waals surface area contributed by atoms with Crippen molar-refractivity contribution in [1.82, 2.24) is 9.97 Å². The van der Waals surface area contributed by atoms with Gasteiger partial charge in [0, 0.05) is 23.3 Å². The number of hydrogen-bond donors (Lipinski definition) is 1. The average molecular weight is 251 g/mol. The van der Waals surface area contributed by atoms with Gasteiger partial charge in [-0.05, 0) is 18.4 Å². The van der Waals surface area contributed by atoms with Gasteiger partial charge in [-0.1, -0.05) is 0 Å². The number of thiazole rings is 1. The molecule has 0 saturated heterocycles. The van der Waals surface area contributed by atoms with Crippen LogP contribution in [-0.4, -0.2) is 22.1 Å². The Bertz CT molecular complexity index is 485. The summed E-state index contributed by atoms with van der Waals surface area (Å²) in [6.45, 7) is 0. The van der Waals surface area contributed by atoms with Crippen molar-refractivity contribution in [3.63, 3.8) is 0 Å². The van der Waals surface area contributed by atoms with Crippen molar-refractivity contribution in [3.05, 3.63) is 35.5 Å². The van der Waals surface area contributed by atoms with Gasteiger partial charge in [0.2, 0.25) is 0 Å². The van der Waals surface area contributed by atoms with Crippen molar-refractivity contribution in [3.8, 4) is 0 Å². The largest absolute Gasteiger partial charge is 0.298 e. The second-order valence-electron chi connectivity index (χ2n) is 2.88. The Labute approximate surface area is 101 Å². The molecule has 0 aliphatic heterocycles. The normalized spacial score (nSPS) is 10.1. The zero-order valence-corrected chi connectivity index (χ0v) is 10.1. The molecule has 2 aromatic heterocycles. The number of thioether (sulfide) groups is 1. The molecule has 1 amide bonds. The Morgan fingerprint density at radius 2 is 2.31 bits per heavy atom. The fraction of sp³-hybridized carbons (Fsp3) is 0.100. The minimum absolute atomic E-state index is 0.160. The summed E-state index contributed by atoms with van der Waals surface area (Å²) in [5, 5.41) is 5.97. The molecule has 0 atom stereocenters. The number of nitrogens with one attached hydrogen (secondary N) is 1. The van der Waals surface area contributed by atoms with Crippen LogP contribution >= 0.6 is 23.1 Å². The Balaban J connectivity index is 2.14. The molecule has 16 heavy (non-hydrogen) atoms. The van der Waals surface area contributed by atoms with Crippen LogP contribution in [0.15, 0.2) is 34.9 Å². The second-order valence-corrected chi connectivity index (χ2v) is 4.60. The highest BCUT2D eigenvalue weighted by molar-refractivity contribution is 7.98. The number of carbonyl (C=O) groups is 1. The van der Waals surface area contributed by atoms with E-state index in [1.807, 2.05) is 11.6 Å². The van der Waals surface area contributed by atoms with Gasteiger partial charge in [-0.2, -0.15) is 0 Å². The molecule has 2 rings (SSSR count). The van der Waals surface area contributed by atoms with Crippen molar-refractivity contribution in [2.45, 2.75) is 5.03 Å². The summed E-state index contributed by atoms with van der Waals surface area (Å²) in [5.74, 6) is -0.160.